The summed E-state index contributed by atoms with van der Waals surface area (Å²) in [5.74, 6) is 0. The van der Waals surface area contributed by atoms with Gasteiger partial charge < -0.3 is 0 Å². The summed E-state index contributed by atoms with van der Waals surface area (Å²) in [5, 5.41) is 1.78. The van der Waals surface area contributed by atoms with Gasteiger partial charge in [0.1, 0.15) is 0 Å². The van der Waals surface area contributed by atoms with Crippen LogP contribution in [-0.4, -0.2) is 18.4 Å². The molecular weight excluding hydrogens is 369 g/mol. The molecule has 0 fully saturated rings. The van der Waals surface area contributed by atoms with Gasteiger partial charge in [0.15, 0.2) is 0 Å². The predicted octanol–water partition coefficient (Wildman–Crippen LogP) is 4.85. The van der Waals surface area contributed by atoms with Crippen molar-refractivity contribution in [2.45, 2.75) is 14.8 Å². The Balaban J connectivity index is 3.49. The molecule has 0 radical (unpaired) electrons. The molecule has 0 aliphatic rings. The zero-order chi connectivity index (χ0) is 11.1. The molecule has 78 valence electrons. The molecular formula is C9H10Cl4Sn. The SMILES string of the molecule is [CH3][Sn]([CH3])([CH3])[c]1cc(Cl)c(Cl)c(Cl)c1Cl. The molecule has 0 saturated heterocycles. The summed E-state index contributed by atoms with van der Waals surface area (Å²) in [6.45, 7) is 0. The Labute approximate surface area is 108 Å². The van der Waals surface area contributed by atoms with Gasteiger partial charge in [-0.1, -0.05) is 0 Å². The zero-order valence-electron chi connectivity index (χ0n) is 8.09. The Kier molecular flexibility index (Phi) is 4.34. The first-order chi connectivity index (χ1) is 6.25. The maximum atomic E-state index is 6.13. The van der Waals surface area contributed by atoms with Gasteiger partial charge in [0.05, 0.1) is 0 Å². The normalized spacial score (nSPS) is 11.9. The van der Waals surface area contributed by atoms with Crippen molar-refractivity contribution < 1.29 is 0 Å². The molecule has 0 heterocycles. The summed E-state index contributed by atoms with van der Waals surface area (Å²) in [6, 6.07) is 1.86. The fraction of sp³-hybridized carbons (Fsp3) is 0.333. The van der Waals surface area contributed by atoms with E-state index in [1.807, 2.05) is 6.07 Å². The summed E-state index contributed by atoms with van der Waals surface area (Å²) >= 11 is 21.7. The summed E-state index contributed by atoms with van der Waals surface area (Å²) < 4.78 is 1.11. The molecule has 1 aromatic rings. The van der Waals surface area contributed by atoms with Crippen LogP contribution in [0, 0.1) is 0 Å². The van der Waals surface area contributed by atoms with Crippen molar-refractivity contribution in [3.63, 3.8) is 0 Å². The third kappa shape index (κ3) is 2.65. The number of halogens is 4. The van der Waals surface area contributed by atoms with Crippen molar-refractivity contribution in [3.8, 4) is 0 Å². The molecule has 0 atom stereocenters. The topological polar surface area (TPSA) is 0 Å². The third-order valence-electron chi connectivity index (χ3n) is 1.91. The molecule has 0 amide bonds. The molecule has 0 aliphatic carbocycles. The molecule has 1 aromatic carbocycles. The minimum atomic E-state index is -2.25. The van der Waals surface area contributed by atoms with E-state index in [-0.39, 0.29) is 0 Å². The fourth-order valence-electron chi connectivity index (χ4n) is 1.12. The van der Waals surface area contributed by atoms with E-state index in [9.17, 15) is 0 Å². The van der Waals surface area contributed by atoms with Gasteiger partial charge in [-0.3, -0.25) is 0 Å². The van der Waals surface area contributed by atoms with Gasteiger partial charge >= 0.3 is 109 Å². The first-order valence-electron chi connectivity index (χ1n) is 4.08. The molecule has 5 heteroatoms. The second kappa shape index (κ2) is 4.58. The van der Waals surface area contributed by atoms with E-state index in [0.29, 0.717) is 20.1 Å². The van der Waals surface area contributed by atoms with E-state index in [1.54, 1.807) is 0 Å². The zero-order valence-corrected chi connectivity index (χ0v) is 14.0. The van der Waals surface area contributed by atoms with Gasteiger partial charge in [0, 0.05) is 0 Å². The molecule has 0 unspecified atom stereocenters. The van der Waals surface area contributed by atoms with Crippen LogP contribution >= 0.6 is 46.4 Å². The van der Waals surface area contributed by atoms with Crippen LogP contribution in [0.1, 0.15) is 0 Å². The molecule has 0 bridgehead atoms. The van der Waals surface area contributed by atoms with Crippen LogP contribution in [-0.2, 0) is 0 Å². The molecule has 0 saturated carbocycles. The molecule has 1 rings (SSSR count). The maximum absolute atomic E-state index is 6.13. The van der Waals surface area contributed by atoms with Crippen LogP contribution in [0.15, 0.2) is 6.07 Å². The number of benzene rings is 1. The van der Waals surface area contributed by atoms with Crippen LogP contribution in [0.2, 0.25) is 34.9 Å². The number of hydrogen-bond acceptors (Lipinski definition) is 0. The summed E-state index contributed by atoms with van der Waals surface area (Å²) in [5.41, 5.74) is 0. The second-order valence-corrected chi connectivity index (χ2v) is 20.0. The Morgan fingerprint density at radius 1 is 0.857 bits per heavy atom. The third-order valence-corrected chi connectivity index (χ3v) is 9.85. The Morgan fingerprint density at radius 2 is 1.36 bits per heavy atom. The average molecular weight is 379 g/mol. The molecule has 0 N–H and O–H groups in total. The van der Waals surface area contributed by atoms with Crippen LogP contribution in [0.25, 0.3) is 0 Å². The molecule has 0 aliphatic heterocycles. The molecule has 0 nitrogen and oxygen atoms in total. The molecule has 0 spiro atoms. The number of hydrogen-bond donors (Lipinski definition) is 0. The van der Waals surface area contributed by atoms with E-state index in [4.69, 9.17) is 46.4 Å². The van der Waals surface area contributed by atoms with E-state index in [2.05, 4.69) is 14.8 Å². The van der Waals surface area contributed by atoms with Crippen LogP contribution in [0.3, 0.4) is 0 Å². The van der Waals surface area contributed by atoms with Crippen LogP contribution in [0.4, 0.5) is 0 Å². The predicted molar refractivity (Wildman–Crippen MR) is 69.5 cm³/mol. The summed E-state index contributed by atoms with van der Waals surface area (Å²) in [4.78, 5) is 6.74. The Bertz CT molecular complexity index is 368. The van der Waals surface area contributed by atoms with Gasteiger partial charge in [0.25, 0.3) is 0 Å². The van der Waals surface area contributed by atoms with Gasteiger partial charge in [-0.05, 0) is 0 Å². The average Bonchev–Trinajstić information content (AvgIpc) is 2.06. The first kappa shape index (κ1) is 13.2. The molecule has 0 aromatic heterocycles. The Hall–Kier alpha value is 1.18. The van der Waals surface area contributed by atoms with Crippen molar-refractivity contribution in [3.05, 3.63) is 26.2 Å². The first-order valence-corrected chi connectivity index (χ1v) is 15.6. The van der Waals surface area contributed by atoms with Gasteiger partial charge in [-0.15, -0.1) is 0 Å². The van der Waals surface area contributed by atoms with Crippen molar-refractivity contribution in [1.82, 2.24) is 0 Å². The van der Waals surface area contributed by atoms with E-state index < -0.39 is 18.4 Å². The van der Waals surface area contributed by atoms with Gasteiger partial charge in [-0.25, -0.2) is 0 Å². The molecule has 14 heavy (non-hydrogen) atoms. The summed E-state index contributed by atoms with van der Waals surface area (Å²) in [6.07, 6.45) is 0. The van der Waals surface area contributed by atoms with Crippen LogP contribution < -0.4 is 3.58 Å². The van der Waals surface area contributed by atoms with E-state index in [0.717, 1.165) is 3.58 Å². The monoisotopic (exact) mass is 378 g/mol. The standard InChI is InChI=1S/C6HCl4.3CH3.Sn/c7-3-1-2-4(8)6(10)5(3)9;;;;/h1H;3*1H3;. The van der Waals surface area contributed by atoms with Gasteiger partial charge in [-0.2, -0.15) is 0 Å². The van der Waals surface area contributed by atoms with Crippen molar-refractivity contribution >= 4 is 68.4 Å². The Morgan fingerprint density at radius 3 is 1.79 bits per heavy atom. The quantitative estimate of drug-likeness (QED) is 0.372. The second-order valence-electron chi connectivity index (χ2n) is 4.10. The van der Waals surface area contributed by atoms with Crippen LogP contribution in [0.5, 0.6) is 0 Å². The van der Waals surface area contributed by atoms with Crippen molar-refractivity contribution in [2.75, 3.05) is 0 Å². The van der Waals surface area contributed by atoms with Crippen molar-refractivity contribution in [1.29, 1.82) is 0 Å². The number of rotatable bonds is 1. The summed E-state index contributed by atoms with van der Waals surface area (Å²) in [7, 11) is 0. The van der Waals surface area contributed by atoms with Gasteiger partial charge in [0.2, 0.25) is 0 Å². The van der Waals surface area contributed by atoms with Crippen molar-refractivity contribution in [2.24, 2.45) is 0 Å². The van der Waals surface area contributed by atoms with E-state index >= 15 is 0 Å². The fourth-order valence-corrected chi connectivity index (χ4v) is 8.19. The van der Waals surface area contributed by atoms with E-state index in [1.165, 1.54) is 0 Å². The minimum absolute atomic E-state index is 0.345.